The van der Waals surface area contributed by atoms with Gasteiger partial charge in [0, 0.05) is 11.6 Å². The lowest BCUT2D eigenvalue weighted by Gasteiger charge is -2.19. The van der Waals surface area contributed by atoms with Crippen molar-refractivity contribution in [3.63, 3.8) is 0 Å². The normalized spacial score (nSPS) is 11.5. The number of hydrogen-bond donors (Lipinski definition) is 2. The van der Waals surface area contributed by atoms with Gasteiger partial charge in [-0.2, -0.15) is 0 Å². The Bertz CT molecular complexity index is 649. The second-order valence-electron chi connectivity index (χ2n) is 5.23. The fraction of sp³-hybridized carbons (Fsp3) is 0.286. The number of carboxylic acid groups (broad SMARTS) is 1. The maximum absolute atomic E-state index is 12.1. The van der Waals surface area contributed by atoms with Gasteiger partial charge in [0.1, 0.15) is 5.60 Å². The van der Waals surface area contributed by atoms with Crippen LogP contribution in [0, 0.1) is 0 Å². The Balaban J connectivity index is 2.52. The Labute approximate surface area is 110 Å². The fourth-order valence-electron chi connectivity index (χ4n) is 1.85. The van der Waals surface area contributed by atoms with Crippen LogP contribution < -0.4 is 0 Å². The highest BCUT2D eigenvalue weighted by molar-refractivity contribution is 6.10. The van der Waals surface area contributed by atoms with Crippen LogP contribution in [-0.2, 0) is 4.74 Å². The van der Waals surface area contributed by atoms with Crippen LogP contribution in [0.4, 0.5) is 0 Å². The lowest BCUT2D eigenvalue weighted by molar-refractivity contribution is 0.00715. The predicted molar refractivity (Wildman–Crippen MR) is 70.4 cm³/mol. The van der Waals surface area contributed by atoms with E-state index in [2.05, 4.69) is 4.98 Å². The quantitative estimate of drug-likeness (QED) is 0.815. The topological polar surface area (TPSA) is 79.4 Å². The van der Waals surface area contributed by atoms with Gasteiger partial charge in [0.25, 0.3) is 0 Å². The smallest absolute Gasteiger partial charge is 0.339 e. The van der Waals surface area contributed by atoms with Crippen LogP contribution in [0.1, 0.15) is 41.5 Å². The molecule has 2 aromatic rings. The van der Waals surface area contributed by atoms with Gasteiger partial charge in [0.05, 0.1) is 16.6 Å². The maximum Gasteiger partial charge on any atom is 0.339 e. The molecule has 0 unspecified atom stereocenters. The Morgan fingerprint density at radius 3 is 2.37 bits per heavy atom. The SMILES string of the molecule is CC(C)(C)OC(=O)c1ccc(C(=O)O)c2[nH]ccc12. The summed E-state index contributed by atoms with van der Waals surface area (Å²) in [4.78, 5) is 26.0. The van der Waals surface area contributed by atoms with Crippen LogP contribution in [0.15, 0.2) is 24.4 Å². The molecule has 2 rings (SSSR count). The molecule has 0 atom stereocenters. The number of aromatic nitrogens is 1. The molecule has 19 heavy (non-hydrogen) atoms. The number of nitrogens with one attached hydrogen (secondary N) is 1. The first-order valence-corrected chi connectivity index (χ1v) is 5.86. The van der Waals surface area contributed by atoms with E-state index in [-0.39, 0.29) is 5.56 Å². The van der Waals surface area contributed by atoms with Gasteiger partial charge in [0.15, 0.2) is 0 Å². The number of benzene rings is 1. The number of rotatable bonds is 2. The molecule has 0 bridgehead atoms. The number of aromatic amines is 1. The third-order valence-electron chi connectivity index (χ3n) is 2.57. The first kappa shape index (κ1) is 13.1. The summed E-state index contributed by atoms with van der Waals surface area (Å²) in [6.07, 6.45) is 1.60. The van der Waals surface area contributed by atoms with Crippen molar-refractivity contribution in [2.45, 2.75) is 26.4 Å². The minimum atomic E-state index is -1.04. The van der Waals surface area contributed by atoms with Crippen LogP contribution >= 0.6 is 0 Å². The Morgan fingerprint density at radius 1 is 1.16 bits per heavy atom. The molecule has 5 nitrogen and oxygen atoms in total. The number of H-pyrrole nitrogens is 1. The highest BCUT2D eigenvalue weighted by Gasteiger charge is 2.21. The fourth-order valence-corrected chi connectivity index (χ4v) is 1.85. The highest BCUT2D eigenvalue weighted by atomic mass is 16.6. The monoisotopic (exact) mass is 261 g/mol. The third-order valence-corrected chi connectivity index (χ3v) is 2.57. The van der Waals surface area contributed by atoms with E-state index in [0.29, 0.717) is 16.5 Å². The van der Waals surface area contributed by atoms with Crippen molar-refractivity contribution < 1.29 is 19.4 Å². The van der Waals surface area contributed by atoms with Crippen molar-refractivity contribution in [1.29, 1.82) is 0 Å². The summed E-state index contributed by atoms with van der Waals surface area (Å²) >= 11 is 0. The van der Waals surface area contributed by atoms with Crippen molar-refractivity contribution >= 4 is 22.8 Å². The summed E-state index contributed by atoms with van der Waals surface area (Å²) in [6.45, 7) is 5.35. The van der Waals surface area contributed by atoms with Gasteiger partial charge in [-0.1, -0.05) is 0 Å². The lowest BCUT2D eigenvalue weighted by atomic mass is 10.1. The van der Waals surface area contributed by atoms with Gasteiger partial charge < -0.3 is 14.8 Å². The molecule has 1 aromatic carbocycles. The second-order valence-corrected chi connectivity index (χ2v) is 5.23. The number of carbonyl (C=O) groups excluding carboxylic acids is 1. The lowest BCUT2D eigenvalue weighted by Crippen LogP contribution is -2.24. The molecule has 5 heteroatoms. The summed E-state index contributed by atoms with van der Waals surface area (Å²) < 4.78 is 5.30. The van der Waals surface area contributed by atoms with E-state index >= 15 is 0 Å². The molecule has 1 heterocycles. The molecule has 2 N–H and O–H groups in total. The van der Waals surface area contributed by atoms with Gasteiger partial charge in [0.2, 0.25) is 0 Å². The van der Waals surface area contributed by atoms with Crippen molar-refractivity contribution in [3.05, 3.63) is 35.5 Å². The largest absolute Gasteiger partial charge is 0.478 e. The van der Waals surface area contributed by atoms with Gasteiger partial charge in [-0.05, 0) is 39.0 Å². The molecule has 0 saturated heterocycles. The average Bonchev–Trinajstić information content (AvgIpc) is 2.73. The first-order valence-electron chi connectivity index (χ1n) is 5.86. The molecule has 1 aromatic heterocycles. The van der Waals surface area contributed by atoms with Crippen LogP contribution in [0.2, 0.25) is 0 Å². The minimum Gasteiger partial charge on any atom is -0.478 e. The number of carbonyl (C=O) groups is 2. The summed E-state index contributed by atoms with van der Waals surface area (Å²) in [6, 6.07) is 4.55. The van der Waals surface area contributed by atoms with Gasteiger partial charge in [-0.3, -0.25) is 0 Å². The second kappa shape index (κ2) is 4.42. The highest BCUT2D eigenvalue weighted by Crippen LogP contribution is 2.24. The third kappa shape index (κ3) is 2.59. The molecule has 0 spiro atoms. The van der Waals surface area contributed by atoms with Gasteiger partial charge >= 0.3 is 11.9 Å². The number of aromatic carboxylic acids is 1. The molecule has 0 amide bonds. The van der Waals surface area contributed by atoms with Crippen molar-refractivity contribution in [2.75, 3.05) is 0 Å². The summed E-state index contributed by atoms with van der Waals surface area (Å²) in [7, 11) is 0. The molecule has 0 aliphatic heterocycles. The number of ether oxygens (including phenoxy) is 1. The molecule has 0 radical (unpaired) electrons. The maximum atomic E-state index is 12.1. The number of hydrogen-bond acceptors (Lipinski definition) is 3. The van der Waals surface area contributed by atoms with Crippen molar-refractivity contribution in [1.82, 2.24) is 4.98 Å². The minimum absolute atomic E-state index is 0.132. The van der Waals surface area contributed by atoms with Crippen LogP contribution in [0.3, 0.4) is 0 Å². The van der Waals surface area contributed by atoms with Crippen LogP contribution in [-0.4, -0.2) is 27.6 Å². The zero-order valence-corrected chi connectivity index (χ0v) is 11.0. The number of fused-ring (bicyclic) bond motifs is 1. The number of esters is 1. The van der Waals surface area contributed by atoms with Crippen molar-refractivity contribution in [2.24, 2.45) is 0 Å². The summed E-state index contributed by atoms with van der Waals surface area (Å²) in [5.41, 5.74) is 0.324. The molecule has 0 saturated carbocycles. The zero-order valence-electron chi connectivity index (χ0n) is 11.0. The predicted octanol–water partition coefficient (Wildman–Crippen LogP) is 2.82. The summed E-state index contributed by atoms with van der Waals surface area (Å²) in [5, 5.41) is 9.63. The molecular weight excluding hydrogens is 246 g/mol. The molecule has 0 aliphatic carbocycles. The summed E-state index contributed by atoms with van der Waals surface area (Å²) in [5.74, 6) is -1.50. The van der Waals surface area contributed by atoms with Crippen molar-refractivity contribution in [3.8, 4) is 0 Å². The van der Waals surface area contributed by atoms with Gasteiger partial charge in [-0.15, -0.1) is 0 Å². The Morgan fingerprint density at radius 2 is 1.79 bits per heavy atom. The van der Waals surface area contributed by atoms with E-state index in [9.17, 15) is 9.59 Å². The van der Waals surface area contributed by atoms with Crippen LogP contribution in [0.25, 0.3) is 10.9 Å². The molecule has 100 valence electrons. The Hall–Kier alpha value is -2.30. The van der Waals surface area contributed by atoms with E-state index in [4.69, 9.17) is 9.84 Å². The molecular formula is C14H15NO4. The van der Waals surface area contributed by atoms with E-state index in [0.717, 1.165) is 0 Å². The molecule has 0 fully saturated rings. The average molecular weight is 261 g/mol. The van der Waals surface area contributed by atoms with E-state index < -0.39 is 17.5 Å². The number of carboxylic acids is 1. The Kier molecular flexibility index (Phi) is 3.06. The van der Waals surface area contributed by atoms with E-state index in [1.807, 2.05) is 0 Å². The van der Waals surface area contributed by atoms with E-state index in [1.165, 1.54) is 12.1 Å². The van der Waals surface area contributed by atoms with E-state index in [1.54, 1.807) is 33.0 Å². The zero-order chi connectivity index (χ0) is 14.2. The molecule has 0 aliphatic rings. The standard InChI is InChI=1S/C14H15NO4/c1-14(2,3)19-13(18)9-4-5-10(12(16)17)11-8(9)6-7-15-11/h4-7,15H,1-3H3,(H,16,17). The first-order chi connectivity index (χ1) is 8.79. The van der Waals surface area contributed by atoms with Crippen LogP contribution in [0.5, 0.6) is 0 Å². The van der Waals surface area contributed by atoms with Gasteiger partial charge in [-0.25, -0.2) is 9.59 Å².